The molecule has 0 aliphatic carbocycles. The van der Waals surface area contributed by atoms with Gasteiger partial charge in [0.2, 0.25) is 10.0 Å². The van der Waals surface area contributed by atoms with E-state index in [4.69, 9.17) is 11.6 Å². The number of hydrogen-bond acceptors (Lipinski definition) is 2. The van der Waals surface area contributed by atoms with Crippen molar-refractivity contribution in [3.05, 3.63) is 0 Å². The number of nitrogens with zero attached hydrogens (tertiary/aromatic N) is 1. The zero-order valence-corrected chi connectivity index (χ0v) is 11.6. The standard InChI is InChI=1S/C9H17ClF3NO2S/c1-8(2,7-10)14(3)17(15,16)6-4-5-9(11,12)13/h4-7H2,1-3H3. The largest absolute Gasteiger partial charge is 0.389 e. The maximum Gasteiger partial charge on any atom is 0.389 e. The van der Waals surface area contributed by atoms with Crippen molar-refractivity contribution in [2.24, 2.45) is 0 Å². The van der Waals surface area contributed by atoms with Gasteiger partial charge in [-0.2, -0.15) is 17.5 Å². The van der Waals surface area contributed by atoms with Gasteiger partial charge in [0.05, 0.1) is 5.75 Å². The molecule has 0 N–H and O–H groups in total. The van der Waals surface area contributed by atoms with Crippen LogP contribution in [0.3, 0.4) is 0 Å². The van der Waals surface area contributed by atoms with E-state index in [0.717, 1.165) is 4.31 Å². The second kappa shape index (κ2) is 5.75. The van der Waals surface area contributed by atoms with Gasteiger partial charge in [-0.3, -0.25) is 0 Å². The molecule has 3 nitrogen and oxygen atoms in total. The number of sulfonamides is 1. The molecule has 0 saturated carbocycles. The molecule has 104 valence electrons. The zero-order valence-electron chi connectivity index (χ0n) is 10.0. The quantitative estimate of drug-likeness (QED) is 0.706. The Hall–Kier alpha value is -0.0100. The molecule has 0 aliphatic rings. The summed E-state index contributed by atoms with van der Waals surface area (Å²) < 4.78 is 60.2. The Morgan fingerprint density at radius 3 is 2.06 bits per heavy atom. The average Bonchev–Trinajstić information content (AvgIpc) is 2.14. The summed E-state index contributed by atoms with van der Waals surface area (Å²) in [6.07, 6.45) is -5.86. The topological polar surface area (TPSA) is 37.4 Å². The van der Waals surface area contributed by atoms with Crippen LogP contribution in [-0.4, -0.2) is 43.1 Å². The maximum absolute atomic E-state index is 11.9. The Morgan fingerprint density at radius 2 is 1.71 bits per heavy atom. The van der Waals surface area contributed by atoms with Gasteiger partial charge < -0.3 is 0 Å². The molecule has 0 amide bonds. The van der Waals surface area contributed by atoms with Crippen molar-refractivity contribution in [2.75, 3.05) is 18.7 Å². The van der Waals surface area contributed by atoms with Crippen LogP contribution in [0.15, 0.2) is 0 Å². The molecule has 0 aromatic heterocycles. The number of rotatable bonds is 6. The Bertz CT molecular complexity index is 341. The first kappa shape index (κ1) is 17.0. The Kier molecular flexibility index (Phi) is 5.75. The van der Waals surface area contributed by atoms with Crippen LogP contribution in [-0.2, 0) is 10.0 Å². The predicted molar refractivity (Wildman–Crippen MR) is 61.6 cm³/mol. The lowest BCUT2D eigenvalue weighted by Gasteiger charge is -2.32. The van der Waals surface area contributed by atoms with Gasteiger partial charge in [-0.25, -0.2) is 8.42 Å². The van der Waals surface area contributed by atoms with Crippen LogP contribution in [0.4, 0.5) is 13.2 Å². The van der Waals surface area contributed by atoms with E-state index >= 15 is 0 Å². The number of alkyl halides is 4. The highest BCUT2D eigenvalue weighted by molar-refractivity contribution is 7.89. The van der Waals surface area contributed by atoms with Crippen LogP contribution in [0.5, 0.6) is 0 Å². The monoisotopic (exact) mass is 295 g/mol. The lowest BCUT2D eigenvalue weighted by Crippen LogP contribution is -2.47. The van der Waals surface area contributed by atoms with Crippen molar-refractivity contribution in [1.29, 1.82) is 0 Å². The van der Waals surface area contributed by atoms with Crippen molar-refractivity contribution >= 4 is 21.6 Å². The minimum atomic E-state index is -4.32. The fourth-order valence-corrected chi connectivity index (χ4v) is 2.90. The van der Waals surface area contributed by atoms with E-state index in [0.29, 0.717) is 0 Å². The summed E-state index contributed by atoms with van der Waals surface area (Å²) >= 11 is 5.61. The average molecular weight is 296 g/mol. The third kappa shape index (κ3) is 5.92. The molecule has 17 heavy (non-hydrogen) atoms. The normalized spacial score (nSPS) is 14.4. The van der Waals surface area contributed by atoms with Crippen molar-refractivity contribution in [3.8, 4) is 0 Å². The second-order valence-electron chi connectivity index (χ2n) is 4.45. The first-order valence-electron chi connectivity index (χ1n) is 5.02. The first-order chi connectivity index (χ1) is 7.42. The minimum Gasteiger partial charge on any atom is -0.212 e. The number of halogens is 4. The highest BCUT2D eigenvalue weighted by Gasteiger charge is 2.33. The molecular weight excluding hydrogens is 279 g/mol. The van der Waals surface area contributed by atoms with Crippen LogP contribution in [0, 0.1) is 0 Å². The Labute approximate surface area is 105 Å². The van der Waals surface area contributed by atoms with Gasteiger partial charge >= 0.3 is 6.18 Å². The molecule has 0 spiro atoms. The highest BCUT2D eigenvalue weighted by Crippen LogP contribution is 2.23. The smallest absolute Gasteiger partial charge is 0.212 e. The predicted octanol–water partition coefficient (Wildman–Crippen LogP) is 2.61. The molecule has 0 unspecified atom stereocenters. The molecule has 0 aromatic rings. The molecule has 0 atom stereocenters. The van der Waals surface area contributed by atoms with E-state index in [1.54, 1.807) is 13.8 Å². The van der Waals surface area contributed by atoms with Crippen molar-refractivity contribution in [2.45, 2.75) is 38.4 Å². The summed E-state index contributed by atoms with van der Waals surface area (Å²) in [7, 11) is -2.38. The van der Waals surface area contributed by atoms with E-state index in [2.05, 4.69) is 0 Å². The molecule has 0 saturated heterocycles. The molecule has 0 heterocycles. The van der Waals surface area contributed by atoms with Gasteiger partial charge in [-0.05, 0) is 20.3 Å². The van der Waals surface area contributed by atoms with E-state index in [1.165, 1.54) is 7.05 Å². The third-order valence-corrected chi connectivity index (χ3v) is 5.25. The molecule has 0 rings (SSSR count). The van der Waals surface area contributed by atoms with Gasteiger partial charge in [0.1, 0.15) is 0 Å². The molecule has 0 radical (unpaired) electrons. The summed E-state index contributed by atoms with van der Waals surface area (Å²) in [5.41, 5.74) is -0.807. The maximum atomic E-state index is 11.9. The fourth-order valence-electron chi connectivity index (χ4n) is 1.05. The zero-order chi connectivity index (χ0) is 13.9. The van der Waals surface area contributed by atoms with Crippen LogP contribution in [0.1, 0.15) is 26.7 Å². The van der Waals surface area contributed by atoms with Gasteiger partial charge in [-0.1, -0.05) is 0 Å². The van der Waals surface area contributed by atoms with Crippen LogP contribution >= 0.6 is 11.6 Å². The van der Waals surface area contributed by atoms with Crippen LogP contribution < -0.4 is 0 Å². The SMILES string of the molecule is CN(C(C)(C)CCl)S(=O)(=O)CCCC(F)(F)F. The minimum absolute atomic E-state index is 0.0714. The lowest BCUT2D eigenvalue weighted by molar-refractivity contribution is -0.134. The third-order valence-electron chi connectivity index (χ3n) is 2.46. The van der Waals surface area contributed by atoms with Crippen LogP contribution in [0.25, 0.3) is 0 Å². The van der Waals surface area contributed by atoms with E-state index in [1.807, 2.05) is 0 Å². The van der Waals surface area contributed by atoms with Crippen molar-refractivity contribution < 1.29 is 21.6 Å². The molecule has 8 heteroatoms. The highest BCUT2D eigenvalue weighted by atomic mass is 35.5. The summed E-state index contributed by atoms with van der Waals surface area (Å²) in [6, 6.07) is 0. The lowest BCUT2D eigenvalue weighted by atomic mass is 10.1. The van der Waals surface area contributed by atoms with Gasteiger partial charge in [0.15, 0.2) is 0 Å². The van der Waals surface area contributed by atoms with Crippen LogP contribution in [0.2, 0.25) is 0 Å². The Balaban J connectivity index is 4.50. The van der Waals surface area contributed by atoms with Crippen molar-refractivity contribution in [1.82, 2.24) is 4.31 Å². The van der Waals surface area contributed by atoms with E-state index in [9.17, 15) is 21.6 Å². The molecule has 0 fully saturated rings. The molecule has 0 bridgehead atoms. The Morgan fingerprint density at radius 1 is 1.24 bits per heavy atom. The van der Waals surface area contributed by atoms with Crippen molar-refractivity contribution in [3.63, 3.8) is 0 Å². The summed E-state index contributed by atoms with van der Waals surface area (Å²) in [5.74, 6) is -0.453. The van der Waals surface area contributed by atoms with Gasteiger partial charge in [0.25, 0.3) is 0 Å². The molecular formula is C9H17ClF3NO2S. The number of hydrogen-bond donors (Lipinski definition) is 0. The summed E-state index contributed by atoms with van der Waals surface area (Å²) in [6.45, 7) is 3.22. The van der Waals surface area contributed by atoms with Gasteiger partial charge in [0, 0.05) is 24.9 Å². The first-order valence-corrected chi connectivity index (χ1v) is 7.16. The summed E-state index contributed by atoms with van der Waals surface area (Å²) in [5, 5.41) is 0. The fraction of sp³-hybridized carbons (Fsp3) is 1.00. The van der Waals surface area contributed by atoms with E-state index < -0.39 is 40.3 Å². The molecule has 0 aliphatic heterocycles. The second-order valence-corrected chi connectivity index (χ2v) is 6.84. The summed E-state index contributed by atoms with van der Waals surface area (Å²) in [4.78, 5) is 0. The van der Waals surface area contributed by atoms with E-state index in [-0.39, 0.29) is 5.88 Å². The molecule has 0 aromatic carbocycles. The van der Waals surface area contributed by atoms with Gasteiger partial charge in [-0.15, -0.1) is 11.6 Å².